The van der Waals surface area contributed by atoms with E-state index in [2.05, 4.69) is 4.74 Å². The zero-order valence-electron chi connectivity index (χ0n) is 8.73. The Balaban J connectivity index is 0.000000262. The molecular weight excluding hydrogens is 202 g/mol. The van der Waals surface area contributed by atoms with Gasteiger partial charge in [0.25, 0.3) is 0 Å². The van der Waals surface area contributed by atoms with Crippen molar-refractivity contribution in [3.63, 3.8) is 0 Å². The van der Waals surface area contributed by atoms with Gasteiger partial charge in [-0.1, -0.05) is 13.8 Å². The summed E-state index contributed by atoms with van der Waals surface area (Å²) in [6, 6.07) is -0.713. The van der Waals surface area contributed by atoms with E-state index in [4.69, 9.17) is 10.8 Å². The van der Waals surface area contributed by atoms with Crippen molar-refractivity contribution >= 4 is 17.9 Å². The van der Waals surface area contributed by atoms with E-state index in [1.807, 2.05) is 0 Å². The molecule has 0 radical (unpaired) electrons. The summed E-state index contributed by atoms with van der Waals surface area (Å²) in [6.07, 6.45) is 0.525. The molecule has 15 heavy (non-hydrogen) atoms. The number of rotatable bonds is 2. The summed E-state index contributed by atoms with van der Waals surface area (Å²) in [6.45, 7) is 3.55. The van der Waals surface area contributed by atoms with Crippen molar-refractivity contribution in [3.8, 4) is 0 Å². The lowest BCUT2D eigenvalue weighted by molar-refractivity contribution is -0.152. The maximum absolute atomic E-state index is 10.0. The summed E-state index contributed by atoms with van der Waals surface area (Å²) in [5.41, 5.74) is 5.16. The van der Waals surface area contributed by atoms with Gasteiger partial charge in [0.1, 0.15) is 6.04 Å². The van der Waals surface area contributed by atoms with Crippen molar-refractivity contribution in [2.45, 2.75) is 32.7 Å². The third-order valence-electron chi connectivity index (χ3n) is 1.76. The number of hydrogen-bond acceptors (Lipinski definition) is 5. The number of esters is 2. The fourth-order valence-electron chi connectivity index (χ4n) is 0.718. The quantitative estimate of drug-likeness (QED) is 0.494. The van der Waals surface area contributed by atoms with Crippen molar-refractivity contribution in [1.29, 1.82) is 0 Å². The van der Waals surface area contributed by atoms with E-state index < -0.39 is 23.9 Å². The molecular formula is C9H15NO5. The largest absolute Gasteiger partial charge is 0.480 e. The van der Waals surface area contributed by atoms with Gasteiger partial charge < -0.3 is 15.6 Å². The van der Waals surface area contributed by atoms with Crippen LogP contribution in [0.5, 0.6) is 0 Å². The monoisotopic (exact) mass is 217 g/mol. The smallest absolute Gasteiger partial charge is 0.320 e. The lowest BCUT2D eigenvalue weighted by Crippen LogP contribution is -2.34. The van der Waals surface area contributed by atoms with Crippen LogP contribution in [0.4, 0.5) is 0 Å². The number of cyclic esters (lactones) is 2. The Morgan fingerprint density at radius 3 is 1.80 bits per heavy atom. The van der Waals surface area contributed by atoms with Crippen LogP contribution in [0.2, 0.25) is 0 Å². The molecule has 1 aliphatic heterocycles. The molecule has 0 aliphatic carbocycles. The average molecular weight is 217 g/mol. The molecule has 1 saturated heterocycles. The van der Waals surface area contributed by atoms with Crippen molar-refractivity contribution in [2.24, 2.45) is 11.7 Å². The third kappa shape index (κ3) is 5.79. The van der Waals surface area contributed by atoms with Gasteiger partial charge in [0, 0.05) is 0 Å². The Labute approximate surface area is 87.4 Å². The maximum Gasteiger partial charge on any atom is 0.320 e. The number of ether oxygens (including phenoxy) is 1. The number of aliphatic carboxylic acids is 1. The maximum atomic E-state index is 10.0. The molecule has 1 rings (SSSR count). The minimum Gasteiger partial charge on any atom is -0.480 e. The molecule has 0 aromatic heterocycles. The minimum absolute atomic E-state index is 0.0208. The number of carboxylic acid groups (broad SMARTS) is 1. The second-order valence-corrected chi connectivity index (χ2v) is 3.45. The Morgan fingerprint density at radius 2 is 1.73 bits per heavy atom. The summed E-state index contributed by atoms with van der Waals surface area (Å²) in [5, 5.41) is 8.23. The molecule has 0 aromatic rings. The lowest BCUT2D eigenvalue weighted by atomic mass is 10.1. The Hall–Kier alpha value is -1.43. The molecule has 3 N–H and O–H groups in total. The van der Waals surface area contributed by atoms with Crippen molar-refractivity contribution in [1.82, 2.24) is 0 Å². The topological polar surface area (TPSA) is 107 Å². The fourth-order valence-corrected chi connectivity index (χ4v) is 0.718. The highest BCUT2D eigenvalue weighted by Gasteiger charge is 2.19. The van der Waals surface area contributed by atoms with Gasteiger partial charge in [-0.15, -0.1) is 0 Å². The number of nitrogens with two attached hydrogens (primary N) is 1. The van der Waals surface area contributed by atoms with Gasteiger partial charge in [-0.05, 0) is 5.92 Å². The molecule has 0 aromatic carbocycles. The van der Waals surface area contributed by atoms with Crippen LogP contribution < -0.4 is 5.73 Å². The molecule has 1 fully saturated rings. The van der Waals surface area contributed by atoms with Gasteiger partial charge in [0.2, 0.25) is 0 Å². The number of carboxylic acids is 1. The van der Waals surface area contributed by atoms with E-state index >= 15 is 0 Å². The fraction of sp³-hybridized carbons (Fsp3) is 0.667. The van der Waals surface area contributed by atoms with Gasteiger partial charge in [0.05, 0.1) is 12.8 Å². The summed E-state index contributed by atoms with van der Waals surface area (Å²) < 4.78 is 4.08. The summed E-state index contributed by atoms with van der Waals surface area (Å²) >= 11 is 0. The Bertz CT molecular complexity index is 247. The molecule has 0 bridgehead atoms. The predicted molar refractivity (Wildman–Crippen MR) is 50.8 cm³/mol. The molecule has 1 heterocycles. The lowest BCUT2D eigenvalue weighted by Gasteiger charge is -2.07. The molecule has 0 amide bonds. The second-order valence-electron chi connectivity index (χ2n) is 3.45. The van der Waals surface area contributed by atoms with Gasteiger partial charge >= 0.3 is 17.9 Å². The van der Waals surface area contributed by atoms with Gasteiger partial charge in [-0.25, -0.2) is 0 Å². The van der Waals surface area contributed by atoms with Crippen LogP contribution >= 0.6 is 0 Å². The van der Waals surface area contributed by atoms with Crippen LogP contribution in [0.25, 0.3) is 0 Å². The first-order valence-corrected chi connectivity index (χ1v) is 4.56. The standard InChI is InChI=1S/C5H11NO2.C4H4O3/c1-3(2)4(6)5(7)8;5-3-1-2-4(6)7-3/h3-4H,6H2,1-2H3,(H,7,8);1-2H2. The molecule has 6 nitrogen and oxygen atoms in total. The Kier molecular flexibility index (Phi) is 5.54. The van der Waals surface area contributed by atoms with Crippen LogP contribution in [0.15, 0.2) is 0 Å². The van der Waals surface area contributed by atoms with Crippen molar-refractivity contribution < 1.29 is 24.2 Å². The number of carbonyl (C=O) groups excluding carboxylic acids is 2. The first kappa shape index (κ1) is 13.6. The first-order chi connectivity index (χ1) is 6.84. The van der Waals surface area contributed by atoms with Gasteiger partial charge in [-0.2, -0.15) is 0 Å². The predicted octanol–water partition coefficient (Wildman–Crippen LogP) is -0.0957. The van der Waals surface area contributed by atoms with E-state index in [0.717, 1.165) is 0 Å². The molecule has 1 unspecified atom stereocenters. The highest BCUT2D eigenvalue weighted by Crippen LogP contribution is 2.03. The highest BCUT2D eigenvalue weighted by molar-refractivity contribution is 5.92. The van der Waals surface area contributed by atoms with Crippen LogP contribution in [0.3, 0.4) is 0 Å². The van der Waals surface area contributed by atoms with Crippen LogP contribution in [0, 0.1) is 5.92 Å². The minimum atomic E-state index is -0.931. The van der Waals surface area contributed by atoms with Crippen LogP contribution in [0.1, 0.15) is 26.7 Å². The second kappa shape index (κ2) is 6.13. The molecule has 0 saturated carbocycles. The van der Waals surface area contributed by atoms with E-state index in [-0.39, 0.29) is 18.8 Å². The highest BCUT2D eigenvalue weighted by atomic mass is 16.6. The number of hydrogen-bond donors (Lipinski definition) is 2. The third-order valence-corrected chi connectivity index (χ3v) is 1.76. The van der Waals surface area contributed by atoms with E-state index in [9.17, 15) is 14.4 Å². The van der Waals surface area contributed by atoms with E-state index in [1.165, 1.54) is 0 Å². The van der Waals surface area contributed by atoms with Gasteiger partial charge in [0.15, 0.2) is 0 Å². The molecule has 1 aliphatic rings. The molecule has 86 valence electrons. The van der Waals surface area contributed by atoms with Gasteiger partial charge in [-0.3, -0.25) is 14.4 Å². The molecule has 6 heteroatoms. The van der Waals surface area contributed by atoms with E-state index in [0.29, 0.717) is 0 Å². The number of carbonyl (C=O) groups is 3. The first-order valence-electron chi connectivity index (χ1n) is 4.56. The normalized spacial score (nSPS) is 16.8. The van der Waals surface area contributed by atoms with Crippen LogP contribution in [-0.4, -0.2) is 29.1 Å². The summed E-state index contributed by atoms with van der Waals surface area (Å²) in [5.74, 6) is -1.71. The van der Waals surface area contributed by atoms with E-state index in [1.54, 1.807) is 13.8 Å². The zero-order chi connectivity index (χ0) is 12.0. The molecule has 0 spiro atoms. The van der Waals surface area contributed by atoms with Crippen molar-refractivity contribution in [3.05, 3.63) is 0 Å². The molecule has 1 atom stereocenters. The zero-order valence-corrected chi connectivity index (χ0v) is 8.73. The average Bonchev–Trinajstić information content (AvgIpc) is 2.49. The van der Waals surface area contributed by atoms with Crippen molar-refractivity contribution in [2.75, 3.05) is 0 Å². The Morgan fingerprint density at radius 1 is 1.33 bits per heavy atom. The van der Waals surface area contributed by atoms with Crippen LogP contribution in [-0.2, 0) is 19.1 Å². The summed E-state index contributed by atoms with van der Waals surface area (Å²) in [7, 11) is 0. The SMILES string of the molecule is CC(C)C(N)C(=O)O.O=C1CCC(=O)O1. The summed E-state index contributed by atoms with van der Waals surface area (Å²) in [4.78, 5) is 30.0.